The Morgan fingerprint density at radius 1 is 1.80 bits per heavy atom. The first-order chi connectivity index (χ1) is 2.41. The molecule has 26 valence electrons. The van der Waals surface area contributed by atoms with Gasteiger partial charge in [-0.25, -0.2) is 4.85 Å². The number of hydrogen-bond donors (Lipinski definition) is 1. The highest BCUT2D eigenvalue weighted by Gasteiger charge is 1.44. The number of nitrogens with zero attached hydrogens (tertiary/aromatic N) is 1. The van der Waals surface area contributed by atoms with Gasteiger partial charge in [-0.2, -0.15) is 12.6 Å². The van der Waals surface area contributed by atoms with Crippen molar-refractivity contribution in [3.05, 3.63) is 23.0 Å². The molecule has 0 N–H and O–H groups in total. The van der Waals surface area contributed by atoms with Crippen molar-refractivity contribution in [2.75, 3.05) is 0 Å². The van der Waals surface area contributed by atoms with Crippen LogP contribution in [0.15, 0.2) is 11.6 Å². The lowest BCUT2D eigenvalue weighted by Gasteiger charge is -1.50. The van der Waals surface area contributed by atoms with Crippen LogP contribution in [0.2, 0.25) is 0 Å². The van der Waals surface area contributed by atoms with E-state index in [4.69, 9.17) is 6.57 Å². The zero-order valence-electron chi connectivity index (χ0n) is 2.55. The van der Waals surface area contributed by atoms with Crippen molar-refractivity contribution < 1.29 is 0 Å². The van der Waals surface area contributed by atoms with E-state index in [1.165, 1.54) is 11.6 Å². The molecule has 0 aliphatic carbocycles. The van der Waals surface area contributed by atoms with Crippen molar-refractivity contribution in [3.63, 3.8) is 0 Å². The van der Waals surface area contributed by atoms with Crippen LogP contribution in [0, 0.1) is 6.57 Å². The first kappa shape index (κ1) is 4.58. The zero-order valence-corrected chi connectivity index (χ0v) is 3.44. The second-order valence-corrected chi connectivity index (χ2v) is 0.725. The molecule has 0 aliphatic rings. The van der Waals surface area contributed by atoms with Crippen LogP contribution in [-0.2, 0) is 0 Å². The van der Waals surface area contributed by atoms with Crippen molar-refractivity contribution >= 4 is 12.6 Å². The quantitative estimate of drug-likeness (QED) is 0.334. The molecule has 0 aromatic rings. The van der Waals surface area contributed by atoms with Gasteiger partial charge < -0.3 is 0 Å². The Hall–Kier alpha value is -0.420. The van der Waals surface area contributed by atoms with Crippen LogP contribution in [0.4, 0.5) is 0 Å². The predicted octanol–water partition coefficient (Wildman–Crippen LogP) is 1.31. The van der Waals surface area contributed by atoms with E-state index in [2.05, 4.69) is 17.5 Å². The molecule has 0 fully saturated rings. The monoisotopic (exact) mass is 85.0 g/mol. The Morgan fingerprint density at radius 2 is 2.40 bits per heavy atom. The summed E-state index contributed by atoms with van der Waals surface area (Å²) in [6, 6.07) is 0. The van der Waals surface area contributed by atoms with Crippen molar-refractivity contribution in [2.24, 2.45) is 0 Å². The summed E-state index contributed by atoms with van der Waals surface area (Å²) in [5.74, 6) is 0. The molecule has 0 heterocycles. The van der Waals surface area contributed by atoms with Crippen LogP contribution in [0.5, 0.6) is 0 Å². The lowest BCUT2D eigenvalue weighted by Crippen LogP contribution is -1.23. The Labute approximate surface area is 36.5 Å². The predicted molar refractivity (Wildman–Crippen MR) is 24.7 cm³/mol. The van der Waals surface area contributed by atoms with E-state index < -0.39 is 0 Å². The fourth-order valence-corrected chi connectivity index (χ4v) is 0.100. The minimum absolute atomic E-state index is 1.28. The van der Waals surface area contributed by atoms with Gasteiger partial charge in [-0.15, -0.1) is 0 Å². The average molecular weight is 85.1 g/mol. The Morgan fingerprint density at radius 3 is 2.40 bits per heavy atom. The first-order valence-electron chi connectivity index (χ1n) is 1.07. The van der Waals surface area contributed by atoms with Gasteiger partial charge in [-0.1, -0.05) is 0 Å². The van der Waals surface area contributed by atoms with Gasteiger partial charge in [-0.3, -0.25) is 0 Å². The first-order valence-corrected chi connectivity index (χ1v) is 1.59. The molecular weight excluding hydrogens is 82.1 g/mol. The third kappa shape index (κ3) is 3.58. The number of hydrogen-bond acceptors (Lipinski definition) is 1. The van der Waals surface area contributed by atoms with Crippen LogP contribution in [0.3, 0.4) is 0 Å². The molecule has 0 bridgehead atoms. The maximum Gasteiger partial charge on any atom is 0.160 e. The summed E-state index contributed by atoms with van der Waals surface area (Å²) in [6.07, 6.45) is 1.28. The molecule has 0 aromatic carbocycles. The van der Waals surface area contributed by atoms with Gasteiger partial charge in [0.15, 0.2) is 6.20 Å². The second kappa shape index (κ2) is 3.58. The minimum Gasteiger partial charge on any atom is -0.245 e. The number of thiol groups is 1. The summed E-state index contributed by atoms with van der Waals surface area (Å²) >= 11 is 3.61. The normalized spacial score (nSPS) is 8.00. The molecule has 0 saturated heterocycles. The highest BCUT2D eigenvalue weighted by atomic mass is 32.1. The smallest absolute Gasteiger partial charge is 0.160 e. The summed E-state index contributed by atoms with van der Waals surface area (Å²) in [6.45, 7) is 6.09. The molecule has 0 radical (unpaired) electrons. The van der Waals surface area contributed by atoms with E-state index in [-0.39, 0.29) is 0 Å². The highest BCUT2D eigenvalue weighted by Crippen LogP contribution is 1.73. The van der Waals surface area contributed by atoms with Crippen molar-refractivity contribution in [1.29, 1.82) is 0 Å². The summed E-state index contributed by atoms with van der Waals surface area (Å²) in [5, 5.41) is 1.40. The molecule has 0 rings (SSSR count). The SMILES string of the molecule is [C-]#[N+]/C=C/S. The molecule has 1 nitrogen and oxygen atoms in total. The van der Waals surface area contributed by atoms with Crippen molar-refractivity contribution in [2.45, 2.75) is 0 Å². The van der Waals surface area contributed by atoms with E-state index in [1.807, 2.05) is 0 Å². The lowest BCUT2D eigenvalue weighted by molar-refractivity contribution is 2.09. The summed E-state index contributed by atoms with van der Waals surface area (Å²) in [5.41, 5.74) is 0. The van der Waals surface area contributed by atoms with Crippen molar-refractivity contribution in [1.82, 2.24) is 0 Å². The lowest BCUT2D eigenvalue weighted by atomic mass is 11.1. The van der Waals surface area contributed by atoms with Crippen LogP contribution >= 0.6 is 12.6 Å². The topological polar surface area (TPSA) is 4.36 Å². The molecule has 0 amide bonds. The Balaban J connectivity index is 3.04. The van der Waals surface area contributed by atoms with E-state index in [0.717, 1.165) is 0 Å². The van der Waals surface area contributed by atoms with Gasteiger partial charge >= 0.3 is 0 Å². The van der Waals surface area contributed by atoms with Crippen LogP contribution in [0.1, 0.15) is 0 Å². The molecule has 0 spiro atoms. The molecule has 0 aromatic heterocycles. The molecule has 5 heavy (non-hydrogen) atoms. The third-order valence-corrected chi connectivity index (χ3v) is 0.275. The van der Waals surface area contributed by atoms with Gasteiger partial charge in [0.25, 0.3) is 0 Å². The van der Waals surface area contributed by atoms with Gasteiger partial charge in [0.1, 0.15) is 0 Å². The molecule has 0 aliphatic heterocycles. The van der Waals surface area contributed by atoms with Gasteiger partial charge in [0.05, 0.1) is 6.57 Å². The van der Waals surface area contributed by atoms with E-state index in [9.17, 15) is 0 Å². The van der Waals surface area contributed by atoms with Gasteiger partial charge in [-0.05, 0) is 5.41 Å². The fourth-order valence-electron chi connectivity index (χ4n) is 0.0333. The van der Waals surface area contributed by atoms with Crippen LogP contribution in [-0.4, -0.2) is 0 Å². The molecule has 2 heteroatoms. The summed E-state index contributed by atoms with van der Waals surface area (Å²) < 4.78 is 0. The highest BCUT2D eigenvalue weighted by molar-refractivity contribution is 7.83. The zero-order chi connectivity index (χ0) is 4.12. The van der Waals surface area contributed by atoms with E-state index in [0.29, 0.717) is 0 Å². The fraction of sp³-hybridized carbons (Fsp3) is 0. The maximum absolute atomic E-state index is 6.09. The van der Waals surface area contributed by atoms with Crippen molar-refractivity contribution in [3.8, 4) is 0 Å². The summed E-state index contributed by atoms with van der Waals surface area (Å²) in [7, 11) is 0. The van der Waals surface area contributed by atoms with E-state index >= 15 is 0 Å². The molecule has 0 atom stereocenters. The average Bonchev–Trinajstić information content (AvgIpc) is 1.41. The molecule has 0 saturated carbocycles. The van der Waals surface area contributed by atoms with Crippen LogP contribution < -0.4 is 0 Å². The molecule has 0 unspecified atom stereocenters. The van der Waals surface area contributed by atoms with E-state index in [1.54, 1.807) is 0 Å². The molecular formula is C3H3NS. The maximum atomic E-state index is 6.09. The van der Waals surface area contributed by atoms with Crippen LogP contribution in [0.25, 0.3) is 4.85 Å². The number of rotatable bonds is 0. The van der Waals surface area contributed by atoms with Gasteiger partial charge in [0.2, 0.25) is 0 Å². The minimum atomic E-state index is 1.28. The largest absolute Gasteiger partial charge is 0.245 e. The third-order valence-electron chi connectivity index (χ3n) is 0.141. The summed E-state index contributed by atoms with van der Waals surface area (Å²) in [4.78, 5) is 2.85. The standard InChI is InChI=1S/C3H3NS/c1-4-2-3-5/h2-3,5H/b3-2+. The second-order valence-electron chi connectivity index (χ2n) is 0.427. The van der Waals surface area contributed by atoms with Gasteiger partial charge in [0, 0.05) is 0 Å². The Bertz CT molecular complexity index is 69.5. The Kier molecular flexibility index (Phi) is 3.28.